The highest BCUT2D eigenvalue weighted by Gasteiger charge is 2.19. The molecule has 0 saturated carbocycles. The van der Waals surface area contributed by atoms with Crippen LogP contribution >= 0.6 is 0 Å². The van der Waals surface area contributed by atoms with Crippen molar-refractivity contribution in [1.82, 2.24) is 14.5 Å². The van der Waals surface area contributed by atoms with Crippen LogP contribution in [-0.4, -0.2) is 25.6 Å². The summed E-state index contributed by atoms with van der Waals surface area (Å²) in [6.07, 6.45) is 3.47. The molecule has 15 heavy (non-hydrogen) atoms. The van der Waals surface area contributed by atoms with Crippen LogP contribution in [-0.2, 0) is 7.05 Å². The highest BCUT2D eigenvalue weighted by atomic mass is 16.4. The van der Waals surface area contributed by atoms with Crippen LogP contribution in [0.25, 0.3) is 11.3 Å². The third-order valence-corrected chi connectivity index (χ3v) is 2.39. The van der Waals surface area contributed by atoms with Crippen LogP contribution in [0, 0.1) is 6.92 Å². The SMILES string of the molecule is Cc1nc(-c2cc[nH]c2)c(C(=O)O)n1C. The molecule has 0 spiro atoms. The van der Waals surface area contributed by atoms with Crippen LogP contribution in [0.3, 0.4) is 0 Å². The van der Waals surface area contributed by atoms with Crippen LogP contribution in [0.1, 0.15) is 16.3 Å². The number of rotatable bonds is 2. The second-order valence-corrected chi connectivity index (χ2v) is 3.32. The fraction of sp³-hybridized carbons (Fsp3) is 0.200. The Morgan fingerprint density at radius 3 is 2.87 bits per heavy atom. The molecule has 0 saturated heterocycles. The van der Waals surface area contributed by atoms with Gasteiger partial charge in [-0.25, -0.2) is 9.78 Å². The summed E-state index contributed by atoms with van der Waals surface area (Å²) in [4.78, 5) is 18.2. The van der Waals surface area contributed by atoms with E-state index in [1.165, 1.54) is 0 Å². The fourth-order valence-electron chi connectivity index (χ4n) is 1.53. The Balaban J connectivity index is 2.67. The molecule has 0 amide bonds. The van der Waals surface area contributed by atoms with Gasteiger partial charge >= 0.3 is 5.97 Å². The van der Waals surface area contributed by atoms with Gasteiger partial charge in [0.15, 0.2) is 5.69 Å². The number of carboxylic acid groups (broad SMARTS) is 1. The van der Waals surface area contributed by atoms with E-state index in [0.717, 1.165) is 5.56 Å². The summed E-state index contributed by atoms with van der Waals surface area (Å²) in [7, 11) is 1.70. The van der Waals surface area contributed by atoms with E-state index in [2.05, 4.69) is 9.97 Å². The lowest BCUT2D eigenvalue weighted by atomic mass is 10.2. The smallest absolute Gasteiger partial charge is 0.354 e. The first-order valence-corrected chi connectivity index (χ1v) is 4.51. The Bertz CT molecular complexity index is 497. The van der Waals surface area contributed by atoms with Gasteiger partial charge in [-0.05, 0) is 13.0 Å². The van der Waals surface area contributed by atoms with E-state index in [9.17, 15) is 4.79 Å². The van der Waals surface area contributed by atoms with Crippen LogP contribution in [0.4, 0.5) is 0 Å². The zero-order valence-corrected chi connectivity index (χ0v) is 8.48. The van der Waals surface area contributed by atoms with E-state index < -0.39 is 5.97 Å². The van der Waals surface area contributed by atoms with Gasteiger partial charge in [-0.1, -0.05) is 0 Å². The number of carbonyl (C=O) groups is 1. The molecule has 2 heterocycles. The maximum absolute atomic E-state index is 11.1. The summed E-state index contributed by atoms with van der Waals surface area (Å²) < 4.78 is 1.57. The maximum atomic E-state index is 11.1. The van der Waals surface area contributed by atoms with Gasteiger partial charge in [0.1, 0.15) is 11.5 Å². The van der Waals surface area contributed by atoms with Gasteiger partial charge in [-0.15, -0.1) is 0 Å². The quantitative estimate of drug-likeness (QED) is 0.778. The minimum atomic E-state index is -0.964. The largest absolute Gasteiger partial charge is 0.477 e. The maximum Gasteiger partial charge on any atom is 0.354 e. The number of hydrogen-bond acceptors (Lipinski definition) is 2. The molecule has 0 fully saturated rings. The van der Waals surface area contributed by atoms with Gasteiger partial charge in [0, 0.05) is 25.0 Å². The van der Waals surface area contributed by atoms with Crippen LogP contribution < -0.4 is 0 Å². The van der Waals surface area contributed by atoms with E-state index >= 15 is 0 Å². The molecule has 0 aliphatic rings. The molecule has 78 valence electrons. The first kappa shape index (κ1) is 9.51. The van der Waals surface area contributed by atoms with Gasteiger partial charge in [-0.3, -0.25) is 0 Å². The summed E-state index contributed by atoms with van der Waals surface area (Å²) in [5.74, 6) is -0.280. The summed E-state index contributed by atoms with van der Waals surface area (Å²) in [5, 5.41) is 9.09. The van der Waals surface area contributed by atoms with Crippen LogP contribution in [0.15, 0.2) is 18.5 Å². The van der Waals surface area contributed by atoms with Crippen molar-refractivity contribution in [2.24, 2.45) is 7.05 Å². The predicted octanol–water partition coefficient (Wildman–Crippen LogP) is 1.42. The number of aryl methyl sites for hydroxylation is 1. The zero-order valence-electron chi connectivity index (χ0n) is 8.48. The second-order valence-electron chi connectivity index (χ2n) is 3.32. The van der Waals surface area contributed by atoms with Crippen molar-refractivity contribution >= 4 is 5.97 Å². The molecular formula is C10H11N3O2. The number of carboxylic acids is 1. The van der Waals surface area contributed by atoms with Crippen molar-refractivity contribution in [3.63, 3.8) is 0 Å². The van der Waals surface area contributed by atoms with E-state index in [4.69, 9.17) is 5.11 Å². The molecule has 5 nitrogen and oxygen atoms in total. The normalized spacial score (nSPS) is 10.5. The van der Waals surface area contributed by atoms with E-state index in [1.54, 1.807) is 37.0 Å². The Hall–Kier alpha value is -2.04. The Morgan fingerprint density at radius 2 is 2.33 bits per heavy atom. The summed E-state index contributed by atoms with van der Waals surface area (Å²) in [6.45, 7) is 1.78. The third kappa shape index (κ3) is 1.41. The lowest BCUT2D eigenvalue weighted by molar-refractivity contribution is 0.0687. The molecule has 2 N–H and O–H groups in total. The Kier molecular flexibility index (Phi) is 2.07. The number of H-pyrrole nitrogens is 1. The monoisotopic (exact) mass is 205 g/mol. The summed E-state index contributed by atoms with van der Waals surface area (Å²) in [5.41, 5.74) is 1.51. The van der Waals surface area contributed by atoms with Crippen molar-refractivity contribution in [3.8, 4) is 11.3 Å². The fourth-order valence-corrected chi connectivity index (χ4v) is 1.53. The van der Waals surface area contributed by atoms with Gasteiger partial charge < -0.3 is 14.7 Å². The number of nitrogens with one attached hydrogen (secondary N) is 1. The Morgan fingerprint density at radius 1 is 1.60 bits per heavy atom. The molecule has 2 aromatic rings. The lowest BCUT2D eigenvalue weighted by Crippen LogP contribution is -2.06. The molecule has 0 aliphatic heterocycles. The molecular weight excluding hydrogens is 194 g/mol. The molecule has 0 unspecified atom stereocenters. The zero-order chi connectivity index (χ0) is 11.0. The average Bonchev–Trinajstić information content (AvgIpc) is 2.75. The standard InChI is InChI=1S/C10H11N3O2/c1-6-12-8(7-3-4-11-5-7)9(10(14)15)13(6)2/h3-5,11H,1-2H3,(H,14,15). The van der Waals surface area contributed by atoms with Crippen molar-refractivity contribution in [2.45, 2.75) is 6.92 Å². The minimum absolute atomic E-state index is 0.215. The predicted molar refractivity (Wildman–Crippen MR) is 54.7 cm³/mol. The molecule has 2 aromatic heterocycles. The highest BCUT2D eigenvalue weighted by Crippen LogP contribution is 2.22. The van der Waals surface area contributed by atoms with Crippen molar-refractivity contribution in [2.75, 3.05) is 0 Å². The molecule has 5 heteroatoms. The number of aromatic amines is 1. The summed E-state index contributed by atoms with van der Waals surface area (Å²) >= 11 is 0. The lowest BCUT2D eigenvalue weighted by Gasteiger charge is -1.99. The Labute approximate surface area is 86.4 Å². The molecule has 0 atom stereocenters. The van der Waals surface area contributed by atoms with Crippen molar-refractivity contribution in [1.29, 1.82) is 0 Å². The van der Waals surface area contributed by atoms with E-state index in [-0.39, 0.29) is 5.69 Å². The van der Waals surface area contributed by atoms with Crippen LogP contribution in [0.5, 0.6) is 0 Å². The van der Waals surface area contributed by atoms with Gasteiger partial charge in [0.05, 0.1) is 0 Å². The number of aromatic nitrogens is 3. The molecule has 0 bridgehead atoms. The molecule has 0 aliphatic carbocycles. The second kappa shape index (κ2) is 3.27. The topological polar surface area (TPSA) is 70.9 Å². The van der Waals surface area contributed by atoms with Crippen molar-refractivity contribution < 1.29 is 9.90 Å². The highest BCUT2D eigenvalue weighted by molar-refractivity contribution is 5.93. The molecule has 0 radical (unpaired) electrons. The number of aromatic carboxylic acids is 1. The number of hydrogen-bond donors (Lipinski definition) is 2. The van der Waals surface area contributed by atoms with E-state index in [1.807, 2.05) is 0 Å². The first-order chi connectivity index (χ1) is 7.11. The van der Waals surface area contributed by atoms with E-state index in [0.29, 0.717) is 11.5 Å². The molecule has 0 aromatic carbocycles. The average molecular weight is 205 g/mol. The van der Waals surface area contributed by atoms with Gasteiger partial charge in [0.2, 0.25) is 0 Å². The summed E-state index contributed by atoms with van der Waals surface area (Å²) in [6, 6.07) is 1.80. The third-order valence-electron chi connectivity index (χ3n) is 2.39. The van der Waals surface area contributed by atoms with Gasteiger partial charge in [-0.2, -0.15) is 0 Å². The number of nitrogens with zero attached hydrogens (tertiary/aromatic N) is 2. The first-order valence-electron chi connectivity index (χ1n) is 4.51. The molecule has 2 rings (SSSR count). The van der Waals surface area contributed by atoms with Gasteiger partial charge in [0.25, 0.3) is 0 Å². The number of imidazole rings is 1. The minimum Gasteiger partial charge on any atom is -0.477 e. The van der Waals surface area contributed by atoms with Crippen molar-refractivity contribution in [3.05, 3.63) is 30.0 Å². The van der Waals surface area contributed by atoms with Crippen LogP contribution in [0.2, 0.25) is 0 Å².